The molecule has 0 aliphatic carbocycles. The summed E-state index contributed by atoms with van der Waals surface area (Å²) in [6.45, 7) is 2.56. The third kappa shape index (κ3) is 0.428. The minimum Gasteiger partial charge on any atom is -0.378 e. The Hall–Kier alpha value is -0.0400. The van der Waals surface area contributed by atoms with Crippen molar-refractivity contribution in [2.45, 2.75) is 19.4 Å². The van der Waals surface area contributed by atoms with E-state index in [4.69, 9.17) is 6.11 Å². The van der Waals surface area contributed by atoms with Crippen LogP contribution in [-0.4, -0.2) is 12.7 Å². The van der Waals surface area contributed by atoms with Gasteiger partial charge in [0.25, 0.3) is 0 Å². The van der Waals surface area contributed by atoms with E-state index in [1.165, 1.54) is 0 Å². The van der Waals surface area contributed by atoms with E-state index in [2.05, 4.69) is 0 Å². The second-order valence-electron chi connectivity index (χ2n) is 1.27. The second kappa shape index (κ2) is 0.977. The van der Waals surface area contributed by atoms with Gasteiger partial charge in [0.2, 0.25) is 0 Å². The normalized spacial score (nSPS) is 54.2. The maximum atomic E-state index is 6.99. The largest absolute Gasteiger partial charge is 0.378 e. The van der Waals surface area contributed by atoms with Crippen LogP contribution in [0.2, 0.25) is 0 Å². The molecule has 0 N–H and O–H groups in total. The summed E-state index contributed by atoms with van der Waals surface area (Å²) in [4.78, 5) is 0. The third-order valence-electron chi connectivity index (χ3n) is 0.787. The quantitative estimate of drug-likeness (QED) is 0.412. The van der Waals surface area contributed by atoms with Crippen LogP contribution in [0.15, 0.2) is 0 Å². The molecule has 0 bridgehead atoms. The molecule has 1 rings (SSSR count). The maximum absolute atomic E-state index is 6.99. The lowest BCUT2D eigenvalue weighted by molar-refractivity contribution is -0.0375. The summed E-state index contributed by atoms with van der Waals surface area (Å²) in [6, 6.07) is 0. The molecule has 1 unspecified atom stereocenters. The Balaban J connectivity index is 2.20. The van der Waals surface area contributed by atoms with Crippen molar-refractivity contribution in [3.8, 4) is 0 Å². The minimum atomic E-state index is 0.0602. The van der Waals surface area contributed by atoms with E-state index in [9.17, 15) is 0 Å². The molecule has 0 aromatic carbocycles. The van der Waals surface area contributed by atoms with E-state index in [-0.39, 0.29) is 12.5 Å². The predicted octanol–water partition coefficient (Wildman–Crippen LogP) is 0.795. The molecule has 1 saturated heterocycles. The molecule has 30 valence electrons. The lowest BCUT2D eigenvalue weighted by atomic mass is 10.2. The summed E-state index contributed by atoms with van der Waals surface area (Å²) in [6.07, 6.45) is 0.259. The zero-order chi connectivity index (χ0) is 4.57. The lowest BCUT2D eigenvalue weighted by Crippen LogP contribution is -2.22. The molecule has 0 saturated carbocycles. The van der Waals surface area contributed by atoms with Crippen molar-refractivity contribution in [3.63, 3.8) is 0 Å². The van der Waals surface area contributed by atoms with E-state index in [1.807, 2.05) is 6.92 Å². The van der Waals surface area contributed by atoms with Crippen molar-refractivity contribution in [3.05, 3.63) is 0 Å². The first-order chi connectivity index (χ1) is 2.80. The molecule has 1 heteroatoms. The standard InChI is InChI=1S/C4H8O/c1-4-2-3-5-4/h4H,2-3H2,1H3/t4-/m0/s1/i2D/t2?,4-. The molecule has 0 aromatic heterocycles. The zero-order valence-corrected chi connectivity index (χ0v) is 3.27. The van der Waals surface area contributed by atoms with Gasteiger partial charge >= 0.3 is 0 Å². The molecule has 2 atom stereocenters. The van der Waals surface area contributed by atoms with Crippen LogP contribution in [-0.2, 0) is 4.74 Å². The Labute approximate surface area is 33.3 Å². The molecule has 1 aliphatic heterocycles. The molecule has 0 amide bonds. The molecule has 1 heterocycles. The van der Waals surface area contributed by atoms with E-state index in [0.29, 0.717) is 6.61 Å². The highest BCUT2D eigenvalue weighted by Gasteiger charge is 2.09. The van der Waals surface area contributed by atoms with Gasteiger partial charge < -0.3 is 4.74 Å². The average molecular weight is 73.1 g/mol. The van der Waals surface area contributed by atoms with Crippen molar-refractivity contribution in [1.82, 2.24) is 0 Å². The van der Waals surface area contributed by atoms with Crippen LogP contribution in [0.25, 0.3) is 0 Å². The molecule has 0 spiro atoms. The van der Waals surface area contributed by atoms with Crippen molar-refractivity contribution in [2.24, 2.45) is 0 Å². The lowest BCUT2D eigenvalue weighted by Gasteiger charge is -2.20. The summed E-state index contributed by atoms with van der Waals surface area (Å²) in [5.41, 5.74) is 0. The second-order valence-corrected chi connectivity index (χ2v) is 1.27. The topological polar surface area (TPSA) is 9.23 Å². The van der Waals surface area contributed by atoms with Gasteiger partial charge in [0, 0.05) is 7.98 Å². The van der Waals surface area contributed by atoms with Crippen molar-refractivity contribution in [1.29, 1.82) is 0 Å². The van der Waals surface area contributed by atoms with E-state index < -0.39 is 0 Å². The fraction of sp³-hybridized carbons (Fsp3) is 1.00. The Morgan fingerprint density at radius 1 is 2.20 bits per heavy atom. The third-order valence-corrected chi connectivity index (χ3v) is 0.787. The molecule has 0 radical (unpaired) electrons. The Kier molecular flexibility index (Phi) is 0.428. The van der Waals surface area contributed by atoms with Crippen molar-refractivity contribution < 1.29 is 6.11 Å². The van der Waals surface area contributed by atoms with Crippen LogP contribution >= 0.6 is 0 Å². The molecule has 5 heavy (non-hydrogen) atoms. The number of hydrogen-bond acceptors (Lipinski definition) is 1. The fourth-order valence-corrected chi connectivity index (χ4v) is 0.289. The molecule has 1 aliphatic rings. The number of hydrogen-bond donors (Lipinski definition) is 0. The van der Waals surface area contributed by atoms with Crippen LogP contribution in [0, 0.1) is 0 Å². The fourth-order valence-electron chi connectivity index (χ4n) is 0.289. The molecule has 0 aromatic rings. The average Bonchev–Trinajstić information content (AvgIpc) is 1.61. The van der Waals surface area contributed by atoms with Gasteiger partial charge in [0.1, 0.15) is 0 Å². The molecule has 1 nitrogen and oxygen atoms in total. The SMILES string of the molecule is [2H]C1CO[C@H]1C. The first kappa shape index (κ1) is 2.19. The highest BCUT2D eigenvalue weighted by atomic mass is 16.5. The van der Waals surface area contributed by atoms with Gasteiger partial charge in [-0.1, -0.05) is 0 Å². The summed E-state index contributed by atoms with van der Waals surface area (Å²) in [5, 5.41) is 0. The first-order valence-corrected chi connectivity index (χ1v) is 1.84. The summed E-state index contributed by atoms with van der Waals surface area (Å²) >= 11 is 0. The summed E-state index contributed by atoms with van der Waals surface area (Å²) < 4.78 is 11.8. The van der Waals surface area contributed by atoms with Gasteiger partial charge in [0.05, 0.1) is 6.10 Å². The monoisotopic (exact) mass is 73.1 g/mol. The van der Waals surface area contributed by atoms with Gasteiger partial charge in [-0.2, -0.15) is 0 Å². The van der Waals surface area contributed by atoms with Crippen LogP contribution in [0.1, 0.15) is 14.7 Å². The van der Waals surface area contributed by atoms with E-state index >= 15 is 0 Å². The predicted molar refractivity (Wildman–Crippen MR) is 20.0 cm³/mol. The maximum Gasteiger partial charge on any atom is 0.0568 e. The van der Waals surface area contributed by atoms with Gasteiger partial charge in [-0.25, -0.2) is 0 Å². The highest BCUT2D eigenvalue weighted by molar-refractivity contribution is 4.57. The molecule has 1 fully saturated rings. The molecular weight excluding hydrogens is 64.0 g/mol. The zero-order valence-electron chi connectivity index (χ0n) is 4.27. The number of ether oxygens (including phenoxy) is 1. The summed E-state index contributed by atoms with van der Waals surface area (Å²) in [5.74, 6) is 0. The van der Waals surface area contributed by atoms with Crippen molar-refractivity contribution >= 4 is 0 Å². The van der Waals surface area contributed by atoms with Gasteiger partial charge in [0.15, 0.2) is 0 Å². The Morgan fingerprint density at radius 2 is 2.80 bits per heavy atom. The highest BCUT2D eigenvalue weighted by Crippen LogP contribution is 2.07. The smallest absolute Gasteiger partial charge is 0.0568 e. The summed E-state index contributed by atoms with van der Waals surface area (Å²) in [7, 11) is 0. The van der Waals surface area contributed by atoms with Crippen molar-refractivity contribution in [2.75, 3.05) is 6.61 Å². The minimum absolute atomic E-state index is 0.0602. The van der Waals surface area contributed by atoms with Gasteiger partial charge in [-0.3, -0.25) is 0 Å². The number of rotatable bonds is 0. The first-order valence-electron chi connectivity index (χ1n) is 2.42. The van der Waals surface area contributed by atoms with E-state index in [1.54, 1.807) is 0 Å². The van der Waals surface area contributed by atoms with Gasteiger partial charge in [-0.15, -0.1) is 0 Å². The Bertz CT molecular complexity index is 47.5. The van der Waals surface area contributed by atoms with Crippen LogP contribution in [0.4, 0.5) is 0 Å². The van der Waals surface area contributed by atoms with Gasteiger partial charge in [-0.05, 0) is 13.3 Å². The Morgan fingerprint density at radius 3 is 2.80 bits per heavy atom. The van der Waals surface area contributed by atoms with Crippen LogP contribution in [0.3, 0.4) is 0 Å². The molecular formula is C4H8O. The van der Waals surface area contributed by atoms with Crippen LogP contribution < -0.4 is 0 Å². The van der Waals surface area contributed by atoms with E-state index in [0.717, 1.165) is 0 Å². The van der Waals surface area contributed by atoms with Crippen LogP contribution in [0.5, 0.6) is 0 Å².